The fourth-order valence-electron chi connectivity index (χ4n) is 3.25. The van der Waals surface area contributed by atoms with E-state index in [1.807, 2.05) is 12.1 Å². The van der Waals surface area contributed by atoms with Gasteiger partial charge in [0.2, 0.25) is 0 Å². The van der Waals surface area contributed by atoms with Gasteiger partial charge in [0.25, 0.3) is 0 Å². The Labute approximate surface area is 126 Å². The van der Waals surface area contributed by atoms with Crippen molar-refractivity contribution in [1.29, 1.82) is 0 Å². The van der Waals surface area contributed by atoms with E-state index in [1.165, 1.54) is 31.2 Å². The van der Waals surface area contributed by atoms with Crippen molar-refractivity contribution >= 4 is 23.2 Å². The van der Waals surface area contributed by atoms with Crippen molar-refractivity contribution in [3.63, 3.8) is 0 Å². The summed E-state index contributed by atoms with van der Waals surface area (Å²) in [5.74, 6) is 0. The molecule has 2 rings (SSSR count). The molecule has 1 aromatic carbocycles. The van der Waals surface area contributed by atoms with E-state index in [4.69, 9.17) is 23.2 Å². The molecule has 1 aliphatic carbocycles. The zero-order chi connectivity index (χ0) is 13.9. The first-order chi connectivity index (χ1) is 9.05. The van der Waals surface area contributed by atoms with Crippen molar-refractivity contribution in [2.45, 2.75) is 52.0 Å². The van der Waals surface area contributed by atoms with E-state index in [1.54, 1.807) is 0 Å². The molecule has 0 heterocycles. The molecular formula is C16H23Cl2N. The van der Waals surface area contributed by atoms with Crippen molar-refractivity contribution in [3.8, 4) is 0 Å². The van der Waals surface area contributed by atoms with Gasteiger partial charge in [0, 0.05) is 16.1 Å². The Morgan fingerprint density at radius 1 is 1.26 bits per heavy atom. The Hall–Kier alpha value is -0.240. The molecule has 1 fully saturated rings. The van der Waals surface area contributed by atoms with Gasteiger partial charge in [-0.1, -0.05) is 56.0 Å². The van der Waals surface area contributed by atoms with Gasteiger partial charge in [-0.2, -0.15) is 0 Å². The lowest BCUT2D eigenvalue weighted by Gasteiger charge is -2.35. The minimum Gasteiger partial charge on any atom is -0.313 e. The van der Waals surface area contributed by atoms with Crippen LogP contribution in [0.15, 0.2) is 18.2 Å². The molecule has 0 radical (unpaired) electrons. The summed E-state index contributed by atoms with van der Waals surface area (Å²) in [6, 6.07) is 6.34. The van der Waals surface area contributed by atoms with Crippen LogP contribution in [0.25, 0.3) is 0 Å². The molecular weight excluding hydrogens is 277 g/mol. The standard InChI is InChI=1S/C16H23Cl2N/c1-3-19-15(16(2)8-4-5-9-16)10-12-6-7-13(17)11-14(12)18/h6-7,11,15,19H,3-5,8-10H2,1-2H3. The van der Waals surface area contributed by atoms with Crippen molar-refractivity contribution in [2.24, 2.45) is 5.41 Å². The second-order valence-electron chi connectivity index (χ2n) is 5.91. The Morgan fingerprint density at radius 3 is 2.53 bits per heavy atom. The number of hydrogen-bond acceptors (Lipinski definition) is 1. The van der Waals surface area contributed by atoms with Crippen LogP contribution in [0.5, 0.6) is 0 Å². The molecule has 3 heteroatoms. The zero-order valence-electron chi connectivity index (χ0n) is 11.8. The third-order valence-corrected chi connectivity index (χ3v) is 5.06. The first-order valence-electron chi connectivity index (χ1n) is 7.22. The average molecular weight is 300 g/mol. The number of benzene rings is 1. The highest BCUT2D eigenvalue weighted by Gasteiger charge is 2.36. The molecule has 1 aromatic rings. The Morgan fingerprint density at radius 2 is 1.95 bits per heavy atom. The van der Waals surface area contributed by atoms with Crippen LogP contribution in [0.3, 0.4) is 0 Å². The van der Waals surface area contributed by atoms with Crippen LogP contribution in [0, 0.1) is 5.41 Å². The number of hydrogen-bond donors (Lipinski definition) is 1. The molecule has 1 nitrogen and oxygen atoms in total. The zero-order valence-corrected chi connectivity index (χ0v) is 13.3. The van der Waals surface area contributed by atoms with Crippen molar-refractivity contribution in [3.05, 3.63) is 33.8 Å². The molecule has 19 heavy (non-hydrogen) atoms. The highest BCUT2D eigenvalue weighted by atomic mass is 35.5. The molecule has 0 saturated heterocycles. The number of nitrogens with one attached hydrogen (secondary N) is 1. The first kappa shape index (κ1) is 15.2. The van der Waals surface area contributed by atoms with E-state index in [-0.39, 0.29) is 0 Å². The molecule has 0 aliphatic heterocycles. The molecule has 1 saturated carbocycles. The Balaban J connectivity index is 2.16. The fraction of sp³-hybridized carbons (Fsp3) is 0.625. The maximum Gasteiger partial charge on any atom is 0.0453 e. The fourth-order valence-corrected chi connectivity index (χ4v) is 3.74. The Kier molecular flexibility index (Phi) is 5.16. The summed E-state index contributed by atoms with van der Waals surface area (Å²) in [7, 11) is 0. The monoisotopic (exact) mass is 299 g/mol. The van der Waals surface area contributed by atoms with Crippen LogP contribution in [-0.4, -0.2) is 12.6 Å². The highest BCUT2D eigenvalue weighted by molar-refractivity contribution is 6.35. The molecule has 1 unspecified atom stereocenters. The number of likely N-dealkylation sites (N-methyl/N-ethyl adjacent to an activating group) is 1. The van der Waals surface area contributed by atoms with E-state index in [0.29, 0.717) is 16.5 Å². The van der Waals surface area contributed by atoms with Crippen molar-refractivity contribution < 1.29 is 0 Å². The van der Waals surface area contributed by atoms with Gasteiger partial charge in [-0.25, -0.2) is 0 Å². The van der Waals surface area contributed by atoms with Gasteiger partial charge in [-0.05, 0) is 48.9 Å². The molecule has 1 aliphatic rings. The van der Waals surface area contributed by atoms with Gasteiger partial charge >= 0.3 is 0 Å². The van der Waals surface area contributed by atoms with Gasteiger partial charge in [0.1, 0.15) is 0 Å². The molecule has 0 bridgehead atoms. The van der Waals surface area contributed by atoms with Gasteiger partial charge in [-0.3, -0.25) is 0 Å². The van der Waals surface area contributed by atoms with E-state index in [9.17, 15) is 0 Å². The summed E-state index contributed by atoms with van der Waals surface area (Å²) in [5, 5.41) is 5.16. The van der Waals surface area contributed by atoms with Crippen molar-refractivity contribution in [1.82, 2.24) is 5.32 Å². The van der Waals surface area contributed by atoms with Crippen LogP contribution in [0.2, 0.25) is 10.0 Å². The van der Waals surface area contributed by atoms with Gasteiger partial charge in [0.05, 0.1) is 0 Å². The summed E-state index contributed by atoms with van der Waals surface area (Å²) in [5.41, 5.74) is 1.60. The van der Waals surface area contributed by atoms with Crippen LogP contribution in [0.4, 0.5) is 0 Å². The van der Waals surface area contributed by atoms with Crippen LogP contribution >= 0.6 is 23.2 Å². The molecule has 106 valence electrons. The minimum atomic E-state index is 0.402. The second-order valence-corrected chi connectivity index (χ2v) is 6.75. The Bertz CT molecular complexity index is 425. The lowest BCUT2D eigenvalue weighted by atomic mass is 9.78. The molecule has 1 atom stereocenters. The summed E-state index contributed by atoms with van der Waals surface area (Å²) in [6.07, 6.45) is 6.32. The minimum absolute atomic E-state index is 0.402. The molecule has 0 spiro atoms. The first-order valence-corrected chi connectivity index (χ1v) is 7.98. The average Bonchev–Trinajstić information content (AvgIpc) is 2.80. The van der Waals surface area contributed by atoms with E-state index in [0.717, 1.165) is 18.0 Å². The molecule has 0 aromatic heterocycles. The molecule has 1 N–H and O–H groups in total. The quantitative estimate of drug-likeness (QED) is 0.798. The summed E-state index contributed by atoms with van der Waals surface area (Å²) in [6.45, 7) is 5.59. The summed E-state index contributed by atoms with van der Waals surface area (Å²) in [4.78, 5) is 0. The van der Waals surface area contributed by atoms with E-state index < -0.39 is 0 Å². The summed E-state index contributed by atoms with van der Waals surface area (Å²) < 4.78 is 0. The van der Waals surface area contributed by atoms with Crippen LogP contribution < -0.4 is 5.32 Å². The predicted octanol–water partition coefficient (Wildman–Crippen LogP) is 5.09. The van der Waals surface area contributed by atoms with Gasteiger partial charge < -0.3 is 5.32 Å². The topological polar surface area (TPSA) is 12.0 Å². The van der Waals surface area contributed by atoms with Gasteiger partial charge in [0.15, 0.2) is 0 Å². The third-order valence-electron chi connectivity index (χ3n) is 4.48. The lowest BCUT2D eigenvalue weighted by molar-refractivity contribution is 0.222. The molecule has 0 amide bonds. The maximum atomic E-state index is 6.31. The third kappa shape index (κ3) is 3.65. The normalized spacial score (nSPS) is 19.6. The predicted molar refractivity (Wildman–Crippen MR) is 84.2 cm³/mol. The largest absolute Gasteiger partial charge is 0.313 e. The van der Waals surface area contributed by atoms with E-state index in [2.05, 4.69) is 25.2 Å². The maximum absolute atomic E-state index is 6.31. The number of halogens is 2. The number of rotatable bonds is 5. The van der Waals surface area contributed by atoms with Gasteiger partial charge in [-0.15, -0.1) is 0 Å². The lowest BCUT2D eigenvalue weighted by Crippen LogP contribution is -2.43. The summed E-state index contributed by atoms with van der Waals surface area (Å²) >= 11 is 12.3. The second kappa shape index (κ2) is 6.47. The SMILES string of the molecule is CCNC(Cc1ccc(Cl)cc1Cl)C1(C)CCCC1. The van der Waals surface area contributed by atoms with Crippen LogP contribution in [-0.2, 0) is 6.42 Å². The smallest absolute Gasteiger partial charge is 0.0453 e. The van der Waals surface area contributed by atoms with Crippen molar-refractivity contribution in [2.75, 3.05) is 6.54 Å². The van der Waals surface area contributed by atoms with E-state index >= 15 is 0 Å². The highest BCUT2D eigenvalue weighted by Crippen LogP contribution is 2.42. The van der Waals surface area contributed by atoms with Crippen LogP contribution in [0.1, 0.15) is 45.1 Å².